The Morgan fingerprint density at radius 1 is 0.770 bits per heavy atom. The lowest BCUT2D eigenvalue weighted by Crippen LogP contribution is -2.34. The maximum Gasteiger partial charge on any atom is 0.472 e. The van der Waals surface area contributed by atoms with Crippen LogP contribution in [0.1, 0.15) is 149 Å². The summed E-state index contributed by atoms with van der Waals surface area (Å²) in [5.74, 6) is -3.50. The van der Waals surface area contributed by atoms with Gasteiger partial charge in [0.25, 0.3) is 0 Å². The van der Waals surface area contributed by atoms with Crippen LogP contribution < -0.4 is 5.73 Å². The lowest BCUT2D eigenvalue weighted by atomic mass is 9.90. The molecule has 1 aliphatic rings. The Balaban J connectivity index is 2.52. The highest BCUT2D eigenvalue weighted by molar-refractivity contribution is 7.47. The van der Waals surface area contributed by atoms with Crippen molar-refractivity contribution in [1.29, 1.82) is 0 Å². The molecular formula is C46H76NO13P. The van der Waals surface area contributed by atoms with Gasteiger partial charge in [-0.2, -0.15) is 0 Å². The average Bonchev–Trinajstić information content (AvgIpc) is 3.49. The SMILES string of the molecule is CCCCC/C=C\C/C=C\C/C=C\CCCCCCC(=O)OC[C@H](COP(=O)(O)OC[C@H](N)C(=O)O)OC(=O)CCC/C=C\C[C@H]1[C@@H](O)CC(=O)[C@@H]1/C=C/[C@@H](O)CCCCC. The number of aliphatic hydroxyl groups excluding tert-OH is 2. The number of carboxylic acid groups (broad SMARTS) is 1. The smallest absolute Gasteiger partial charge is 0.472 e. The maximum atomic E-state index is 12.7. The summed E-state index contributed by atoms with van der Waals surface area (Å²) in [5.41, 5.74) is 5.33. The number of ether oxygens (including phenoxy) is 2. The van der Waals surface area contributed by atoms with Gasteiger partial charge in [-0.25, -0.2) is 4.57 Å². The van der Waals surface area contributed by atoms with Crippen molar-refractivity contribution >= 4 is 31.5 Å². The molecule has 7 atom stereocenters. The van der Waals surface area contributed by atoms with Crippen LogP contribution in [0.15, 0.2) is 60.8 Å². The lowest BCUT2D eigenvalue weighted by molar-refractivity contribution is -0.161. The van der Waals surface area contributed by atoms with Gasteiger partial charge < -0.3 is 35.4 Å². The molecule has 61 heavy (non-hydrogen) atoms. The third-order valence-electron chi connectivity index (χ3n) is 10.1. The quantitative estimate of drug-likeness (QED) is 0.0171. The van der Waals surface area contributed by atoms with Crippen LogP contribution in [0.4, 0.5) is 0 Å². The molecule has 1 saturated carbocycles. The van der Waals surface area contributed by atoms with E-state index in [1.807, 2.05) is 12.2 Å². The van der Waals surface area contributed by atoms with E-state index in [0.717, 1.165) is 64.2 Å². The fourth-order valence-corrected chi connectivity index (χ4v) is 7.24. The van der Waals surface area contributed by atoms with Crippen LogP contribution in [0.2, 0.25) is 0 Å². The van der Waals surface area contributed by atoms with Crippen LogP contribution in [0.5, 0.6) is 0 Å². The van der Waals surface area contributed by atoms with Crippen molar-refractivity contribution < 1.29 is 62.5 Å². The largest absolute Gasteiger partial charge is 0.480 e. The molecule has 0 aromatic carbocycles. The third-order valence-corrected chi connectivity index (χ3v) is 11.1. The lowest BCUT2D eigenvalue weighted by Gasteiger charge is -2.20. The van der Waals surface area contributed by atoms with E-state index in [4.69, 9.17) is 24.8 Å². The number of ketones is 1. The summed E-state index contributed by atoms with van der Waals surface area (Å²) in [4.78, 5) is 58.7. The summed E-state index contributed by atoms with van der Waals surface area (Å²) in [6.45, 7) is 2.36. The number of aliphatic hydroxyl groups is 2. The second-order valence-corrected chi connectivity index (χ2v) is 17.1. The number of Topliss-reactive ketones (excluding diaryl/α,β-unsaturated/α-hetero) is 1. The summed E-state index contributed by atoms with van der Waals surface area (Å²) < 4.78 is 32.6. The normalized spacial score (nSPS) is 19.7. The second-order valence-electron chi connectivity index (χ2n) is 15.6. The number of carbonyl (C=O) groups excluding carboxylic acids is 3. The number of phosphoric acid groups is 1. The van der Waals surface area contributed by atoms with Gasteiger partial charge in [-0.3, -0.25) is 28.2 Å². The molecule has 0 amide bonds. The molecule has 0 spiro atoms. The summed E-state index contributed by atoms with van der Waals surface area (Å²) in [6.07, 6.45) is 33.7. The Morgan fingerprint density at radius 2 is 1.34 bits per heavy atom. The predicted molar refractivity (Wildman–Crippen MR) is 236 cm³/mol. The van der Waals surface area contributed by atoms with Crippen molar-refractivity contribution in [3.8, 4) is 0 Å². The molecule has 14 nitrogen and oxygen atoms in total. The highest BCUT2D eigenvalue weighted by Crippen LogP contribution is 2.43. The van der Waals surface area contributed by atoms with Gasteiger partial charge in [0.1, 0.15) is 18.4 Å². The molecule has 1 rings (SSSR count). The standard InChI is InChI=1S/C46H76NO13P/c1-3-5-7-8-9-10-11-12-13-14-15-16-17-18-19-20-25-29-44(51)57-34-38(35-58-61(55,56)59-36-41(47)46(53)54)60-45(52)30-26-22-21-24-28-39-40(43(50)33-42(39)49)32-31-37(48)27-23-6-4-2/h9-10,12-13,15-16,21,24,31-32,37-42,48-49H,3-8,11,14,17-20,22-23,25-30,33-36,47H2,1-2H3,(H,53,54)(H,55,56)/b10-9-,13-12-,16-15-,24-21-,32-31+/t37-,38+,39+,40+,41-,42-/m0/s1. The molecule has 0 bridgehead atoms. The summed E-state index contributed by atoms with van der Waals surface area (Å²) in [7, 11) is -4.80. The van der Waals surface area contributed by atoms with E-state index in [9.17, 15) is 38.8 Å². The third kappa shape index (κ3) is 29.7. The molecule has 0 radical (unpaired) electrons. The molecule has 1 fully saturated rings. The summed E-state index contributed by atoms with van der Waals surface area (Å²) in [5, 5.41) is 29.6. The van der Waals surface area contributed by atoms with Crippen molar-refractivity contribution in [1.82, 2.24) is 0 Å². The van der Waals surface area contributed by atoms with Crippen LogP contribution >= 0.6 is 7.82 Å². The van der Waals surface area contributed by atoms with Gasteiger partial charge >= 0.3 is 25.7 Å². The zero-order chi connectivity index (χ0) is 45.1. The maximum absolute atomic E-state index is 12.7. The molecule has 0 aromatic heterocycles. The molecule has 0 heterocycles. The highest BCUT2D eigenvalue weighted by atomic mass is 31.2. The number of allylic oxidation sites excluding steroid dienone is 9. The van der Waals surface area contributed by atoms with Gasteiger partial charge in [-0.15, -0.1) is 0 Å². The summed E-state index contributed by atoms with van der Waals surface area (Å²) >= 11 is 0. The molecule has 1 unspecified atom stereocenters. The van der Waals surface area contributed by atoms with Crippen LogP contribution in [0, 0.1) is 11.8 Å². The first-order chi connectivity index (χ1) is 29.3. The number of carbonyl (C=O) groups is 4. The van der Waals surface area contributed by atoms with E-state index >= 15 is 0 Å². The molecule has 1 aliphatic carbocycles. The Kier molecular flexibility index (Phi) is 32.2. The minimum absolute atomic E-state index is 0.0376. The van der Waals surface area contributed by atoms with E-state index in [-0.39, 0.29) is 31.0 Å². The predicted octanol–water partition coefficient (Wildman–Crippen LogP) is 8.54. The number of carboxylic acids is 1. The average molecular weight is 882 g/mol. The number of unbranched alkanes of at least 4 members (excludes halogenated alkanes) is 10. The Labute approximate surface area is 364 Å². The van der Waals surface area contributed by atoms with E-state index in [1.165, 1.54) is 19.3 Å². The minimum atomic E-state index is -4.80. The first kappa shape index (κ1) is 55.8. The minimum Gasteiger partial charge on any atom is -0.480 e. The molecule has 0 aromatic rings. The number of aliphatic carboxylic acids is 1. The van der Waals surface area contributed by atoms with E-state index in [1.54, 1.807) is 12.2 Å². The van der Waals surface area contributed by atoms with E-state index in [2.05, 4.69) is 54.8 Å². The molecule has 0 saturated heterocycles. The van der Waals surface area contributed by atoms with E-state index < -0.39 is 75.8 Å². The Hall–Kier alpha value is -3.23. The zero-order valence-electron chi connectivity index (χ0n) is 36.7. The number of nitrogens with two attached hydrogens (primary N) is 1. The monoisotopic (exact) mass is 882 g/mol. The summed E-state index contributed by atoms with van der Waals surface area (Å²) in [6, 6.07) is -1.57. The van der Waals surface area contributed by atoms with Gasteiger partial charge in [0.05, 0.1) is 25.4 Å². The number of rotatable bonds is 37. The first-order valence-corrected chi connectivity index (χ1v) is 23.9. The van der Waals surface area contributed by atoms with Gasteiger partial charge in [0.2, 0.25) is 0 Å². The van der Waals surface area contributed by atoms with Gasteiger partial charge in [0, 0.05) is 31.1 Å². The second kappa shape index (κ2) is 35.3. The number of esters is 2. The van der Waals surface area contributed by atoms with Gasteiger partial charge in [0.15, 0.2) is 6.10 Å². The topological polar surface area (TPSA) is 229 Å². The van der Waals surface area contributed by atoms with Gasteiger partial charge in [-0.1, -0.05) is 120 Å². The Bertz CT molecular complexity index is 1430. The van der Waals surface area contributed by atoms with Crippen molar-refractivity contribution in [2.75, 3.05) is 19.8 Å². The number of hydrogen-bond donors (Lipinski definition) is 5. The molecule has 6 N–H and O–H groups in total. The van der Waals surface area contributed by atoms with Crippen LogP contribution in [-0.2, 0) is 42.3 Å². The van der Waals surface area contributed by atoms with Crippen LogP contribution in [0.3, 0.4) is 0 Å². The van der Waals surface area contributed by atoms with Crippen molar-refractivity contribution in [3.63, 3.8) is 0 Å². The fraction of sp³-hybridized carbons (Fsp3) is 0.696. The molecular weight excluding hydrogens is 805 g/mol. The van der Waals surface area contributed by atoms with E-state index in [0.29, 0.717) is 32.1 Å². The van der Waals surface area contributed by atoms with Crippen molar-refractivity contribution in [3.05, 3.63) is 60.8 Å². The first-order valence-electron chi connectivity index (χ1n) is 22.4. The number of hydrogen-bond acceptors (Lipinski definition) is 12. The number of phosphoric ester groups is 1. The Morgan fingerprint density at radius 3 is 2.02 bits per heavy atom. The fourth-order valence-electron chi connectivity index (χ4n) is 6.46. The van der Waals surface area contributed by atoms with Crippen molar-refractivity contribution in [2.45, 2.75) is 173 Å². The molecule has 15 heteroatoms. The highest BCUT2D eigenvalue weighted by Gasteiger charge is 2.39. The van der Waals surface area contributed by atoms with Crippen LogP contribution in [0.25, 0.3) is 0 Å². The van der Waals surface area contributed by atoms with Crippen molar-refractivity contribution in [2.24, 2.45) is 17.6 Å². The van der Waals surface area contributed by atoms with Crippen LogP contribution in [-0.4, -0.2) is 88.1 Å². The molecule has 0 aliphatic heterocycles. The molecule has 348 valence electrons. The van der Waals surface area contributed by atoms with Gasteiger partial charge in [-0.05, 0) is 70.6 Å². The zero-order valence-corrected chi connectivity index (χ0v) is 37.6.